The zero-order valence-electron chi connectivity index (χ0n) is 11.3. The Morgan fingerprint density at radius 3 is 2.45 bits per heavy atom. The molecule has 1 amide bonds. The van der Waals surface area contributed by atoms with Crippen molar-refractivity contribution in [1.82, 2.24) is 5.32 Å². The molecule has 0 bridgehead atoms. The van der Waals surface area contributed by atoms with Crippen LogP contribution >= 0.6 is 0 Å². The van der Waals surface area contributed by atoms with Crippen LogP contribution in [0.1, 0.15) is 28.3 Å². The van der Waals surface area contributed by atoms with E-state index in [4.69, 9.17) is 0 Å². The summed E-state index contributed by atoms with van der Waals surface area (Å²) in [4.78, 5) is 12.0. The van der Waals surface area contributed by atoms with Crippen molar-refractivity contribution in [3.63, 3.8) is 0 Å². The van der Waals surface area contributed by atoms with Crippen LogP contribution in [0.3, 0.4) is 0 Å². The Kier molecular flexibility index (Phi) is 3.79. The molecule has 3 heteroatoms. The maximum Gasteiger partial charge on any atom is 0.255 e. The van der Waals surface area contributed by atoms with Gasteiger partial charge in [-0.1, -0.05) is 30.3 Å². The lowest BCUT2D eigenvalue weighted by Crippen LogP contribution is -2.12. The van der Waals surface area contributed by atoms with Crippen LogP contribution in [0.25, 0.3) is 0 Å². The van der Waals surface area contributed by atoms with Crippen molar-refractivity contribution in [2.45, 2.75) is 12.3 Å². The average molecular weight is 266 g/mol. The molecule has 1 aliphatic rings. The van der Waals surface area contributed by atoms with Crippen LogP contribution in [0, 0.1) is 0 Å². The van der Waals surface area contributed by atoms with Gasteiger partial charge >= 0.3 is 0 Å². The molecule has 0 aliphatic carbocycles. The van der Waals surface area contributed by atoms with Gasteiger partial charge in [0.05, 0.1) is 0 Å². The number of amides is 1. The number of nitrogens with one attached hydrogen (secondary N) is 2. The first kappa shape index (κ1) is 12.9. The molecule has 1 unspecified atom stereocenters. The van der Waals surface area contributed by atoms with E-state index < -0.39 is 0 Å². The predicted octanol–water partition coefficient (Wildman–Crippen LogP) is 3.02. The first-order valence-corrected chi connectivity index (χ1v) is 7.00. The van der Waals surface area contributed by atoms with Gasteiger partial charge in [-0.15, -0.1) is 0 Å². The third kappa shape index (κ3) is 2.89. The molecule has 2 aromatic carbocycles. The Morgan fingerprint density at radius 2 is 1.80 bits per heavy atom. The minimum absolute atomic E-state index is 0.0686. The highest BCUT2D eigenvalue weighted by Gasteiger charge is 2.16. The average Bonchev–Trinajstić information content (AvgIpc) is 3.03. The summed E-state index contributed by atoms with van der Waals surface area (Å²) in [6, 6.07) is 17.4. The number of carbonyl (C=O) groups excluding carboxylic acids is 1. The molecule has 3 rings (SSSR count). The molecule has 20 heavy (non-hydrogen) atoms. The fourth-order valence-corrected chi connectivity index (χ4v) is 2.57. The molecule has 2 N–H and O–H groups in total. The zero-order chi connectivity index (χ0) is 13.8. The van der Waals surface area contributed by atoms with Crippen LogP contribution in [-0.2, 0) is 0 Å². The second-order valence-corrected chi connectivity index (χ2v) is 5.13. The number of carbonyl (C=O) groups is 1. The van der Waals surface area contributed by atoms with Crippen molar-refractivity contribution >= 4 is 11.6 Å². The Hall–Kier alpha value is -2.13. The van der Waals surface area contributed by atoms with Crippen molar-refractivity contribution in [2.24, 2.45) is 0 Å². The number of anilines is 1. The van der Waals surface area contributed by atoms with E-state index in [-0.39, 0.29) is 5.91 Å². The van der Waals surface area contributed by atoms with Crippen molar-refractivity contribution in [2.75, 3.05) is 18.4 Å². The molecular formula is C17H18N2O. The zero-order valence-corrected chi connectivity index (χ0v) is 11.3. The van der Waals surface area contributed by atoms with Crippen LogP contribution in [-0.4, -0.2) is 19.0 Å². The minimum atomic E-state index is -0.0686. The molecule has 1 heterocycles. The molecule has 1 saturated heterocycles. The lowest BCUT2D eigenvalue weighted by molar-refractivity contribution is 0.102. The summed E-state index contributed by atoms with van der Waals surface area (Å²) in [5.41, 5.74) is 2.86. The number of hydrogen-bond acceptors (Lipinski definition) is 2. The smallest absolute Gasteiger partial charge is 0.255 e. The Morgan fingerprint density at radius 1 is 1.05 bits per heavy atom. The largest absolute Gasteiger partial charge is 0.322 e. The molecule has 1 fully saturated rings. The second kappa shape index (κ2) is 5.88. The molecule has 1 atom stereocenters. The minimum Gasteiger partial charge on any atom is -0.322 e. The van der Waals surface area contributed by atoms with E-state index in [0.717, 1.165) is 18.8 Å². The van der Waals surface area contributed by atoms with Crippen molar-refractivity contribution in [1.29, 1.82) is 0 Å². The summed E-state index contributed by atoms with van der Waals surface area (Å²) < 4.78 is 0. The third-order valence-electron chi connectivity index (χ3n) is 3.74. The first-order chi connectivity index (χ1) is 9.83. The van der Waals surface area contributed by atoms with E-state index in [1.807, 2.05) is 42.5 Å². The maximum atomic E-state index is 12.0. The fraction of sp³-hybridized carbons (Fsp3) is 0.235. The second-order valence-electron chi connectivity index (χ2n) is 5.13. The lowest BCUT2D eigenvalue weighted by atomic mass is 9.98. The van der Waals surface area contributed by atoms with Crippen LogP contribution < -0.4 is 10.6 Å². The van der Waals surface area contributed by atoms with Crippen LogP contribution in [0.2, 0.25) is 0 Å². The molecule has 0 spiro atoms. The quantitative estimate of drug-likeness (QED) is 0.896. The van der Waals surface area contributed by atoms with Crippen molar-refractivity contribution in [3.05, 3.63) is 65.7 Å². The van der Waals surface area contributed by atoms with Crippen LogP contribution in [0.15, 0.2) is 54.6 Å². The highest BCUT2D eigenvalue weighted by Crippen LogP contribution is 2.23. The van der Waals surface area contributed by atoms with E-state index in [2.05, 4.69) is 22.8 Å². The summed E-state index contributed by atoms with van der Waals surface area (Å²) in [6.07, 6.45) is 1.19. The third-order valence-corrected chi connectivity index (χ3v) is 3.74. The van der Waals surface area contributed by atoms with Gasteiger partial charge in [-0.25, -0.2) is 0 Å². The molecule has 1 aliphatic heterocycles. The van der Waals surface area contributed by atoms with Gasteiger partial charge in [-0.05, 0) is 48.7 Å². The molecule has 3 nitrogen and oxygen atoms in total. The van der Waals surface area contributed by atoms with Gasteiger partial charge in [0.1, 0.15) is 0 Å². The highest BCUT2D eigenvalue weighted by atomic mass is 16.1. The van der Waals surface area contributed by atoms with Crippen molar-refractivity contribution < 1.29 is 4.79 Å². The van der Waals surface area contributed by atoms with Crippen molar-refractivity contribution in [3.8, 4) is 0 Å². The molecule has 0 aromatic heterocycles. The number of hydrogen-bond donors (Lipinski definition) is 2. The Bertz CT molecular complexity index is 572. The first-order valence-electron chi connectivity index (χ1n) is 7.00. The summed E-state index contributed by atoms with van der Waals surface area (Å²) in [6.45, 7) is 2.15. The fourth-order valence-electron chi connectivity index (χ4n) is 2.57. The van der Waals surface area contributed by atoms with Gasteiger partial charge < -0.3 is 10.6 Å². The van der Waals surface area contributed by atoms with E-state index in [1.165, 1.54) is 12.0 Å². The summed E-state index contributed by atoms with van der Waals surface area (Å²) in [5, 5.41) is 6.29. The summed E-state index contributed by atoms with van der Waals surface area (Å²) in [7, 11) is 0. The Balaban J connectivity index is 1.67. The normalized spacial score (nSPS) is 17.9. The summed E-state index contributed by atoms with van der Waals surface area (Å²) in [5.74, 6) is 0.537. The monoisotopic (exact) mass is 266 g/mol. The van der Waals surface area contributed by atoms with Gasteiger partial charge in [-0.3, -0.25) is 4.79 Å². The highest BCUT2D eigenvalue weighted by molar-refractivity contribution is 6.04. The van der Waals surface area contributed by atoms with Gasteiger partial charge in [-0.2, -0.15) is 0 Å². The molecule has 102 valence electrons. The molecule has 0 radical (unpaired) electrons. The number of rotatable bonds is 3. The van der Waals surface area contributed by atoms with E-state index in [1.54, 1.807) is 0 Å². The number of benzene rings is 2. The van der Waals surface area contributed by atoms with Gasteiger partial charge in [0.25, 0.3) is 5.91 Å². The van der Waals surface area contributed by atoms with E-state index >= 15 is 0 Å². The van der Waals surface area contributed by atoms with Gasteiger partial charge in [0, 0.05) is 17.8 Å². The lowest BCUT2D eigenvalue weighted by Gasteiger charge is -2.10. The van der Waals surface area contributed by atoms with Crippen LogP contribution in [0.5, 0.6) is 0 Å². The molecule has 0 saturated carbocycles. The van der Waals surface area contributed by atoms with E-state index in [9.17, 15) is 4.79 Å². The maximum absolute atomic E-state index is 12.0. The van der Waals surface area contributed by atoms with Gasteiger partial charge in [0.15, 0.2) is 0 Å². The topological polar surface area (TPSA) is 41.1 Å². The Labute approximate surface area is 119 Å². The van der Waals surface area contributed by atoms with E-state index in [0.29, 0.717) is 11.5 Å². The van der Waals surface area contributed by atoms with Gasteiger partial charge in [0.2, 0.25) is 0 Å². The molecular weight excluding hydrogens is 248 g/mol. The van der Waals surface area contributed by atoms with Crippen LogP contribution in [0.4, 0.5) is 5.69 Å². The standard InChI is InChI=1S/C17H18N2O/c20-17(14-4-2-1-3-5-14)19-16-8-6-13(7-9-16)15-10-11-18-12-15/h1-9,15,18H,10-12H2,(H,19,20). The summed E-state index contributed by atoms with van der Waals surface area (Å²) >= 11 is 0. The predicted molar refractivity (Wildman–Crippen MR) is 81.1 cm³/mol. The SMILES string of the molecule is O=C(Nc1ccc(C2CCNC2)cc1)c1ccccc1. The molecule has 2 aromatic rings.